The third-order valence-corrected chi connectivity index (χ3v) is 7.09. The summed E-state index contributed by atoms with van der Waals surface area (Å²) in [5.41, 5.74) is 8.34. The number of rotatable bonds is 2. The Kier molecular flexibility index (Phi) is 3.88. The molecule has 2 N–H and O–H groups in total. The average Bonchev–Trinajstić information content (AvgIpc) is 3.14. The average molecular weight is 403 g/mol. The van der Waals surface area contributed by atoms with Crippen LogP contribution in [0.2, 0.25) is 0 Å². The van der Waals surface area contributed by atoms with Crippen molar-refractivity contribution in [3.05, 3.63) is 40.8 Å². The molecule has 0 aromatic carbocycles. The van der Waals surface area contributed by atoms with Gasteiger partial charge in [-0.25, -0.2) is 9.67 Å². The topological polar surface area (TPSA) is 94.1 Å². The Morgan fingerprint density at radius 2 is 2.17 bits per heavy atom. The molecular formula is C23H25N5O2. The Labute approximate surface area is 175 Å². The van der Waals surface area contributed by atoms with Crippen LogP contribution in [-0.4, -0.2) is 45.1 Å². The minimum atomic E-state index is -0.655. The van der Waals surface area contributed by atoms with Crippen molar-refractivity contribution < 1.29 is 9.59 Å². The standard InChI is InChI=1S/C23H25N5O2/c1-22(7-9-27(3)21(22)30)6-4-14-5-8-25-18(10-14)28-17-13-23(2)12-15(23)11-16(17)19(26-28)20(24)29/h5,8,10,15H,7,9,11-13H2,1-3H3,(H2,24,29)/t15-,22-,23-/m1/s1. The second kappa shape index (κ2) is 6.18. The Hall–Kier alpha value is -3.14. The van der Waals surface area contributed by atoms with Crippen molar-refractivity contribution in [3.63, 3.8) is 0 Å². The van der Waals surface area contributed by atoms with Crippen LogP contribution in [0.1, 0.15) is 54.0 Å². The number of amides is 2. The maximum Gasteiger partial charge on any atom is 0.269 e. The van der Waals surface area contributed by atoms with Gasteiger partial charge in [-0.1, -0.05) is 18.8 Å². The summed E-state index contributed by atoms with van der Waals surface area (Å²) in [6, 6.07) is 3.69. The van der Waals surface area contributed by atoms with Gasteiger partial charge in [-0.15, -0.1) is 0 Å². The predicted molar refractivity (Wildman–Crippen MR) is 111 cm³/mol. The molecule has 1 aliphatic heterocycles. The molecule has 2 aromatic heterocycles. The summed E-state index contributed by atoms with van der Waals surface area (Å²) in [5.74, 6) is 7.10. The second-order valence-electron chi connectivity index (χ2n) is 9.45. The van der Waals surface area contributed by atoms with Gasteiger partial charge in [0.1, 0.15) is 5.41 Å². The summed E-state index contributed by atoms with van der Waals surface area (Å²) in [6.45, 7) is 4.90. The number of hydrogen-bond acceptors (Lipinski definition) is 4. The van der Waals surface area contributed by atoms with Crippen molar-refractivity contribution in [2.45, 2.75) is 39.5 Å². The fourth-order valence-electron chi connectivity index (χ4n) is 4.90. The quantitative estimate of drug-likeness (QED) is 0.773. The van der Waals surface area contributed by atoms with E-state index in [1.165, 1.54) is 6.42 Å². The van der Waals surface area contributed by atoms with E-state index in [9.17, 15) is 9.59 Å². The minimum absolute atomic E-state index is 0.0590. The van der Waals surface area contributed by atoms with Crippen molar-refractivity contribution in [3.8, 4) is 17.7 Å². The molecular weight excluding hydrogens is 378 g/mol. The maximum atomic E-state index is 12.4. The van der Waals surface area contributed by atoms with Crippen LogP contribution in [0.4, 0.5) is 0 Å². The highest BCUT2D eigenvalue weighted by atomic mass is 16.2. The van der Waals surface area contributed by atoms with Crippen LogP contribution in [0.25, 0.3) is 5.82 Å². The Balaban J connectivity index is 1.53. The lowest BCUT2D eigenvalue weighted by molar-refractivity contribution is -0.131. The zero-order valence-corrected chi connectivity index (χ0v) is 17.5. The first-order valence-corrected chi connectivity index (χ1v) is 10.4. The fraction of sp³-hybridized carbons (Fsp3) is 0.478. The lowest BCUT2D eigenvalue weighted by Crippen LogP contribution is -2.28. The van der Waals surface area contributed by atoms with Crippen LogP contribution in [-0.2, 0) is 17.6 Å². The van der Waals surface area contributed by atoms with Crippen LogP contribution in [0.15, 0.2) is 18.3 Å². The second-order valence-corrected chi connectivity index (χ2v) is 9.45. The van der Waals surface area contributed by atoms with Crippen molar-refractivity contribution in [1.29, 1.82) is 0 Å². The molecule has 0 spiro atoms. The number of fused-ring (bicyclic) bond motifs is 2. The normalized spacial score (nSPS) is 29.1. The zero-order chi connectivity index (χ0) is 21.3. The molecule has 1 saturated carbocycles. The van der Waals surface area contributed by atoms with Crippen LogP contribution in [0.5, 0.6) is 0 Å². The number of nitrogens with two attached hydrogens (primary N) is 1. The summed E-state index contributed by atoms with van der Waals surface area (Å²) < 4.78 is 1.76. The summed E-state index contributed by atoms with van der Waals surface area (Å²) in [5, 5.41) is 4.53. The van der Waals surface area contributed by atoms with E-state index in [4.69, 9.17) is 5.73 Å². The van der Waals surface area contributed by atoms with Gasteiger partial charge in [0.05, 0.1) is 5.69 Å². The van der Waals surface area contributed by atoms with Gasteiger partial charge in [0.15, 0.2) is 11.5 Å². The number of carbonyl (C=O) groups excluding carboxylic acids is 2. The number of likely N-dealkylation sites (tertiary alicyclic amines) is 1. The first kappa shape index (κ1) is 18.9. The Bertz CT molecular complexity index is 1160. The monoisotopic (exact) mass is 403 g/mol. The van der Waals surface area contributed by atoms with Gasteiger partial charge >= 0.3 is 0 Å². The van der Waals surface area contributed by atoms with Crippen LogP contribution >= 0.6 is 0 Å². The largest absolute Gasteiger partial charge is 0.364 e. The Morgan fingerprint density at radius 3 is 2.87 bits per heavy atom. The molecule has 2 aliphatic carbocycles. The summed E-state index contributed by atoms with van der Waals surface area (Å²) in [6.07, 6.45) is 5.29. The number of carbonyl (C=O) groups is 2. The highest BCUT2D eigenvalue weighted by molar-refractivity contribution is 5.93. The molecule has 7 heteroatoms. The molecule has 3 aliphatic rings. The number of primary amides is 1. The molecule has 0 unspecified atom stereocenters. The summed E-state index contributed by atoms with van der Waals surface area (Å²) >= 11 is 0. The van der Waals surface area contributed by atoms with Crippen molar-refractivity contribution in [2.24, 2.45) is 22.5 Å². The molecule has 1 saturated heterocycles. The molecule has 0 bridgehead atoms. The van der Waals surface area contributed by atoms with E-state index < -0.39 is 11.3 Å². The molecule has 5 rings (SSSR count). The van der Waals surface area contributed by atoms with E-state index in [2.05, 4.69) is 28.8 Å². The molecule has 2 fully saturated rings. The van der Waals surface area contributed by atoms with E-state index in [1.54, 1.807) is 15.8 Å². The van der Waals surface area contributed by atoms with E-state index in [1.807, 2.05) is 26.1 Å². The van der Waals surface area contributed by atoms with Crippen molar-refractivity contribution in [2.75, 3.05) is 13.6 Å². The van der Waals surface area contributed by atoms with Crippen molar-refractivity contribution in [1.82, 2.24) is 19.7 Å². The van der Waals surface area contributed by atoms with E-state index in [0.29, 0.717) is 17.4 Å². The molecule has 30 heavy (non-hydrogen) atoms. The molecule has 2 aromatic rings. The maximum absolute atomic E-state index is 12.4. The van der Waals surface area contributed by atoms with Gasteiger partial charge in [0.25, 0.3) is 5.91 Å². The molecule has 0 radical (unpaired) electrons. The van der Waals surface area contributed by atoms with Crippen LogP contribution in [0, 0.1) is 28.6 Å². The van der Waals surface area contributed by atoms with Gasteiger partial charge in [-0.05, 0) is 56.1 Å². The fourth-order valence-corrected chi connectivity index (χ4v) is 4.90. The van der Waals surface area contributed by atoms with Crippen LogP contribution in [0.3, 0.4) is 0 Å². The highest BCUT2D eigenvalue weighted by Crippen LogP contribution is 2.59. The van der Waals surface area contributed by atoms with Gasteiger partial charge in [-0.2, -0.15) is 5.10 Å². The van der Waals surface area contributed by atoms with Gasteiger partial charge in [0, 0.05) is 30.9 Å². The van der Waals surface area contributed by atoms with Crippen molar-refractivity contribution >= 4 is 11.8 Å². The summed E-state index contributed by atoms with van der Waals surface area (Å²) in [7, 11) is 1.81. The molecule has 2 amide bonds. The van der Waals surface area contributed by atoms with Gasteiger partial charge in [-0.3, -0.25) is 9.59 Å². The number of pyridine rings is 1. The van der Waals surface area contributed by atoms with Gasteiger partial charge < -0.3 is 10.6 Å². The highest BCUT2D eigenvalue weighted by Gasteiger charge is 2.54. The smallest absolute Gasteiger partial charge is 0.269 e. The Morgan fingerprint density at radius 1 is 1.37 bits per heavy atom. The van der Waals surface area contributed by atoms with E-state index in [-0.39, 0.29) is 11.3 Å². The number of nitrogens with zero attached hydrogens (tertiary/aromatic N) is 4. The molecule has 3 heterocycles. The lowest BCUT2D eigenvalue weighted by Gasteiger charge is -2.19. The third kappa shape index (κ3) is 2.82. The third-order valence-electron chi connectivity index (χ3n) is 7.09. The van der Waals surface area contributed by atoms with E-state index >= 15 is 0 Å². The predicted octanol–water partition coefficient (Wildman–Crippen LogP) is 1.71. The first-order valence-electron chi connectivity index (χ1n) is 10.4. The van der Waals surface area contributed by atoms with E-state index in [0.717, 1.165) is 42.6 Å². The van der Waals surface area contributed by atoms with Gasteiger partial charge in [0.2, 0.25) is 5.91 Å². The summed E-state index contributed by atoms with van der Waals surface area (Å²) in [4.78, 5) is 30.6. The first-order chi connectivity index (χ1) is 14.2. The SMILES string of the molecule is CN1CC[C@@](C)(C#Cc2ccnc(-n3nc(C(N)=O)c4c3C[C@@]3(C)C[C@H]3C4)c2)C1=O. The lowest BCUT2D eigenvalue weighted by atomic mass is 9.87. The molecule has 7 nitrogen and oxygen atoms in total. The molecule has 3 atom stereocenters. The minimum Gasteiger partial charge on any atom is -0.364 e. The zero-order valence-electron chi connectivity index (χ0n) is 17.5. The number of aromatic nitrogens is 3. The molecule has 154 valence electrons. The van der Waals surface area contributed by atoms with Crippen LogP contribution < -0.4 is 5.73 Å². The number of hydrogen-bond donors (Lipinski definition) is 1.